The molecule has 1 aliphatic heterocycles. The third-order valence-electron chi connectivity index (χ3n) is 3.03. The fourth-order valence-corrected chi connectivity index (χ4v) is 1.96. The zero-order chi connectivity index (χ0) is 14.0. The highest BCUT2D eigenvalue weighted by molar-refractivity contribution is 5.95. The number of carbonyl (C=O) groups excluding carboxylic acids is 2. The Bertz CT molecular complexity index is 449. The quantitative estimate of drug-likeness (QED) is 0.650. The normalized spacial score (nSPS) is 24.3. The predicted octanol–water partition coefficient (Wildman–Crippen LogP) is -1.04. The molecule has 2 rings (SSSR count). The first-order valence-electron chi connectivity index (χ1n) is 5.98. The van der Waals surface area contributed by atoms with Gasteiger partial charge in [0.15, 0.2) is 5.76 Å². The van der Waals surface area contributed by atoms with Crippen LogP contribution in [0, 0.1) is 0 Å². The van der Waals surface area contributed by atoms with E-state index in [1.165, 1.54) is 17.2 Å². The lowest BCUT2D eigenvalue weighted by Crippen LogP contribution is -2.46. The van der Waals surface area contributed by atoms with Crippen LogP contribution in [0.2, 0.25) is 0 Å². The SMILES string of the molecule is CC(NC(=O)c1ccco1)C(=O)N1CC(O)C(O)C1. The summed E-state index contributed by atoms with van der Waals surface area (Å²) in [5, 5.41) is 21.3. The molecule has 7 nitrogen and oxygen atoms in total. The summed E-state index contributed by atoms with van der Waals surface area (Å²) in [5.41, 5.74) is 0. The van der Waals surface area contributed by atoms with Crippen LogP contribution in [-0.2, 0) is 4.79 Å². The van der Waals surface area contributed by atoms with Crippen molar-refractivity contribution >= 4 is 11.8 Å². The van der Waals surface area contributed by atoms with Gasteiger partial charge in [0.05, 0.1) is 18.5 Å². The van der Waals surface area contributed by atoms with Crippen molar-refractivity contribution in [1.29, 1.82) is 0 Å². The summed E-state index contributed by atoms with van der Waals surface area (Å²) in [7, 11) is 0. The summed E-state index contributed by atoms with van der Waals surface area (Å²) in [5.74, 6) is -0.706. The van der Waals surface area contributed by atoms with Crippen molar-refractivity contribution < 1.29 is 24.2 Å². The lowest BCUT2D eigenvalue weighted by Gasteiger charge is -2.20. The van der Waals surface area contributed by atoms with E-state index in [1.807, 2.05) is 0 Å². The summed E-state index contributed by atoms with van der Waals surface area (Å²) in [6, 6.07) is 2.32. The topological polar surface area (TPSA) is 103 Å². The van der Waals surface area contributed by atoms with Gasteiger partial charge in [-0.1, -0.05) is 0 Å². The molecular formula is C12H16N2O5. The molecule has 1 aliphatic rings. The Balaban J connectivity index is 1.91. The van der Waals surface area contributed by atoms with Gasteiger partial charge in [0.2, 0.25) is 5.91 Å². The summed E-state index contributed by atoms with van der Waals surface area (Å²) >= 11 is 0. The van der Waals surface area contributed by atoms with Crippen LogP contribution >= 0.6 is 0 Å². The molecule has 0 aromatic carbocycles. The van der Waals surface area contributed by atoms with Gasteiger partial charge in [0.25, 0.3) is 5.91 Å². The van der Waals surface area contributed by atoms with E-state index in [2.05, 4.69) is 5.32 Å². The minimum Gasteiger partial charge on any atom is -0.459 e. The van der Waals surface area contributed by atoms with Gasteiger partial charge in [-0.15, -0.1) is 0 Å². The Morgan fingerprint density at radius 3 is 2.58 bits per heavy atom. The summed E-state index contributed by atoms with van der Waals surface area (Å²) in [6.07, 6.45) is -0.497. The minimum absolute atomic E-state index is 0.0704. The molecule has 1 fully saturated rings. The van der Waals surface area contributed by atoms with Gasteiger partial charge >= 0.3 is 0 Å². The molecule has 1 aromatic heterocycles. The van der Waals surface area contributed by atoms with E-state index in [-0.39, 0.29) is 24.8 Å². The standard InChI is InChI=1S/C12H16N2O5/c1-7(13-11(17)10-3-2-4-19-10)12(18)14-5-8(15)9(16)6-14/h2-4,7-9,15-16H,5-6H2,1H3,(H,13,17). The first-order chi connectivity index (χ1) is 8.99. The number of β-amino-alcohol motifs (C(OH)–C–C–N with tert-alkyl or cyclic N) is 2. The van der Waals surface area contributed by atoms with Crippen LogP contribution < -0.4 is 5.32 Å². The second-order valence-electron chi connectivity index (χ2n) is 4.55. The first-order valence-corrected chi connectivity index (χ1v) is 5.98. The van der Waals surface area contributed by atoms with E-state index >= 15 is 0 Å². The van der Waals surface area contributed by atoms with Gasteiger partial charge in [0.1, 0.15) is 6.04 Å². The average molecular weight is 268 g/mol. The Kier molecular flexibility index (Phi) is 3.87. The van der Waals surface area contributed by atoms with Crippen LogP contribution in [0.15, 0.2) is 22.8 Å². The molecule has 0 bridgehead atoms. The molecule has 0 aliphatic carbocycles. The number of rotatable bonds is 3. The third kappa shape index (κ3) is 2.94. The molecule has 7 heteroatoms. The molecule has 0 radical (unpaired) electrons. The molecule has 3 unspecified atom stereocenters. The Hall–Kier alpha value is -1.86. The first kappa shape index (κ1) is 13.6. The van der Waals surface area contributed by atoms with Crippen LogP contribution in [0.3, 0.4) is 0 Å². The highest BCUT2D eigenvalue weighted by Gasteiger charge is 2.34. The predicted molar refractivity (Wildman–Crippen MR) is 64.2 cm³/mol. The maximum absolute atomic E-state index is 12.0. The third-order valence-corrected chi connectivity index (χ3v) is 3.03. The molecule has 1 aromatic rings. The van der Waals surface area contributed by atoms with E-state index < -0.39 is 24.2 Å². The van der Waals surface area contributed by atoms with Gasteiger partial charge in [-0.05, 0) is 19.1 Å². The van der Waals surface area contributed by atoms with Crippen molar-refractivity contribution in [2.45, 2.75) is 25.2 Å². The number of nitrogens with one attached hydrogen (secondary N) is 1. The number of carbonyl (C=O) groups is 2. The highest BCUT2D eigenvalue weighted by atomic mass is 16.3. The van der Waals surface area contributed by atoms with Gasteiger partial charge in [-0.25, -0.2) is 0 Å². The van der Waals surface area contributed by atoms with Gasteiger partial charge < -0.3 is 24.8 Å². The molecule has 1 saturated heterocycles. The number of aliphatic hydroxyl groups excluding tert-OH is 2. The monoisotopic (exact) mass is 268 g/mol. The van der Waals surface area contributed by atoms with Crippen molar-refractivity contribution in [1.82, 2.24) is 10.2 Å². The van der Waals surface area contributed by atoms with E-state index in [4.69, 9.17) is 4.42 Å². The summed E-state index contributed by atoms with van der Waals surface area (Å²) < 4.78 is 4.92. The van der Waals surface area contributed by atoms with Gasteiger partial charge in [-0.2, -0.15) is 0 Å². The molecule has 3 atom stereocenters. The lowest BCUT2D eigenvalue weighted by molar-refractivity contribution is -0.132. The molecule has 0 spiro atoms. The van der Waals surface area contributed by atoms with Crippen LogP contribution in [0.4, 0.5) is 0 Å². The minimum atomic E-state index is -0.933. The number of amides is 2. The highest BCUT2D eigenvalue weighted by Crippen LogP contribution is 2.11. The van der Waals surface area contributed by atoms with Crippen LogP contribution in [0.25, 0.3) is 0 Å². The second kappa shape index (κ2) is 5.41. The maximum Gasteiger partial charge on any atom is 0.287 e. The van der Waals surface area contributed by atoms with Crippen molar-refractivity contribution in [2.24, 2.45) is 0 Å². The van der Waals surface area contributed by atoms with Gasteiger partial charge in [-0.3, -0.25) is 9.59 Å². The van der Waals surface area contributed by atoms with Crippen molar-refractivity contribution in [3.05, 3.63) is 24.2 Å². The molecule has 3 N–H and O–H groups in total. The number of hydrogen-bond donors (Lipinski definition) is 3. The second-order valence-corrected chi connectivity index (χ2v) is 4.55. The lowest BCUT2D eigenvalue weighted by atomic mass is 10.2. The Morgan fingerprint density at radius 2 is 2.05 bits per heavy atom. The van der Waals surface area contributed by atoms with Crippen molar-refractivity contribution in [2.75, 3.05) is 13.1 Å². The van der Waals surface area contributed by atoms with Crippen LogP contribution in [0.5, 0.6) is 0 Å². The van der Waals surface area contributed by atoms with Crippen molar-refractivity contribution in [3.8, 4) is 0 Å². The molecule has 2 heterocycles. The fourth-order valence-electron chi connectivity index (χ4n) is 1.96. The molecule has 19 heavy (non-hydrogen) atoms. The molecule has 0 saturated carbocycles. The summed E-state index contributed by atoms with van der Waals surface area (Å²) in [4.78, 5) is 25.0. The number of furan rings is 1. The largest absolute Gasteiger partial charge is 0.459 e. The van der Waals surface area contributed by atoms with Gasteiger partial charge in [0, 0.05) is 13.1 Å². The summed E-state index contributed by atoms with van der Waals surface area (Å²) in [6.45, 7) is 1.68. The molecular weight excluding hydrogens is 252 g/mol. The zero-order valence-electron chi connectivity index (χ0n) is 10.4. The van der Waals surface area contributed by atoms with E-state index in [0.717, 1.165) is 0 Å². The van der Waals surface area contributed by atoms with E-state index in [9.17, 15) is 19.8 Å². The number of aliphatic hydroxyl groups is 2. The smallest absolute Gasteiger partial charge is 0.287 e. The number of hydrogen-bond acceptors (Lipinski definition) is 5. The molecule has 104 valence electrons. The molecule has 2 amide bonds. The Labute approximate surface area is 109 Å². The van der Waals surface area contributed by atoms with E-state index in [0.29, 0.717) is 0 Å². The average Bonchev–Trinajstić information content (AvgIpc) is 2.99. The fraction of sp³-hybridized carbons (Fsp3) is 0.500. The Morgan fingerprint density at radius 1 is 1.42 bits per heavy atom. The van der Waals surface area contributed by atoms with Crippen molar-refractivity contribution in [3.63, 3.8) is 0 Å². The number of likely N-dealkylation sites (tertiary alicyclic amines) is 1. The van der Waals surface area contributed by atoms with Crippen LogP contribution in [-0.4, -0.2) is 58.3 Å². The van der Waals surface area contributed by atoms with Crippen LogP contribution in [0.1, 0.15) is 17.5 Å². The zero-order valence-corrected chi connectivity index (χ0v) is 10.4. The number of nitrogens with zero attached hydrogens (tertiary/aromatic N) is 1. The maximum atomic E-state index is 12.0. The van der Waals surface area contributed by atoms with E-state index in [1.54, 1.807) is 13.0 Å².